The topological polar surface area (TPSA) is 74.5 Å². The first-order chi connectivity index (χ1) is 10.1. The first-order valence-corrected chi connectivity index (χ1v) is 7.35. The normalized spacial score (nSPS) is 10.6. The van der Waals surface area contributed by atoms with Crippen LogP contribution in [-0.4, -0.2) is 15.2 Å². The fourth-order valence-electron chi connectivity index (χ4n) is 1.89. The zero-order chi connectivity index (χ0) is 15.0. The molecule has 1 N–H and O–H groups in total. The highest BCUT2D eigenvalue weighted by atomic mass is 35.5. The molecule has 2 heterocycles. The Labute approximate surface area is 130 Å². The van der Waals surface area contributed by atoms with E-state index in [2.05, 4.69) is 26.6 Å². The van der Waals surface area contributed by atoms with Gasteiger partial charge in [-0.15, -0.1) is 5.10 Å². The molecular formula is C14H10ClN5S. The number of hydrogen-bond acceptors (Lipinski definition) is 6. The zero-order valence-corrected chi connectivity index (χ0v) is 12.9. The predicted molar refractivity (Wildman–Crippen MR) is 84.1 cm³/mol. The molecule has 0 bridgehead atoms. The van der Waals surface area contributed by atoms with Crippen LogP contribution < -0.4 is 5.32 Å². The van der Waals surface area contributed by atoms with Crippen molar-refractivity contribution in [2.75, 3.05) is 5.32 Å². The molecule has 0 aliphatic rings. The van der Waals surface area contributed by atoms with Crippen molar-refractivity contribution in [3.63, 3.8) is 0 Å². The van der Waals surface area contributed by atoms with E-state index in [9.17, 15) is 5.26 Å². The van der Waals surface area contributed by atoms with Gasteiger partial charge in [-0.2, -0.15) is 10.4 Å². The minimum Gasteiger partial charge on any atom is -0.314 e. The Balaban J connectivity index is 2.03. The summed E-state index contributed by atoms with van der Waals surface area (Å²) in [5, 5.41) is 21.8. The summed E-state index contributed by atoms with van der Waals surface area (Å²) in [6.07, 6.45) is 0. The predicted octanol–water partition coefficient (Wildman–Crippen LogP) is 3.97. The first kappa shape index (κ1) is 13.7. The van der Waals surface area contributed by atoms with Gasteiger partial charge in [0.15, 0.2) is 10.9 Å². The monoisotopic (exact) mass is 315 g/mol. The fraction of sp³-hybridized carbons (Fsp3) is 0.143. The van der Waals surface area contributed by atoms with E-state index in [0.717, 1.165) is 21.5 Å². The Morgan fingerprint density at radius 1 is 1.29 bits per heavy atom. The van der Waals surface area contributed by atoms with Crippen molar-refractivity contribution < 1.29 is 0 Å². The molecule has 5 nitrogen and oxygen atoms in total. The van der Waals surface area contributed by atoms with Crippen LogP contribution in [0.15, 0.2) is 18.2 Å². The number of nitrogens with one attached hydrogen (secondary N) is 1. The van der Waals surface area contributed by atoms with Gasteiger partial charge in [-0.3, -0.25) is 0 Å². The highest BCUT2D eigenvalue weighted by Gasteiger charge is 2.13. The molecule has 7 heteroatoms. The molecule has 0 saturated carbocycles. The van der Waals surface area contributed by atoms with Crippen LogP contribution in [0.5, 0.6) is 0 Å². The average molecular weight is 316 g/mol. The molecular weight excluding hydrogens is 306 g/mol. The van der Waals surface area contributed by atoms with Crippen LogP contribution in [0.4, 0.5) is 10.9 Å². The molecule has 0 fully saturated rings. The number of rotatable bonds is 2. The summed E-state index contributed by atoms with van der Waals surface area (Å²) >= 11 is 7.42. The fourth-order valence-corrected chi connectivity index (χ4v) is 3.03. The first-order valence-electron chi connectivity index (χ1n) is 6.15. The Morgan fingerprint density at radius 3 is 2.86 bits per heavy atom. The van der Waals surface area contributed by atoms with E-state index in [1.54, 1.807) is 6.07 Å². The summed E-state index contributed by atoms with van der Waals surface area (Å²) in [6.45, 7) is 3.68. The Hall–Kier alpha value is -2.23. The number of aromatic nitrogens is 3. The number of benzene rings is 1. The van der Waals surface area contributed by atoms with Crippen LogP contribution >= 0.6 is 22.9 Å². The molecule has 2 aromatic heterocycles. The molecule has 1 aromatic carbocycles. The van der Waals surface area contributed by atoms with E-state index in [4.69, 9.17) is 11.6 Å². The summed E-state index contributed by atoms with van der Waals surface area (Å²) in [7, 11) is 0. The summed E-state index contributed by atoms with van der Waals surface area (Å²) in [5.74, 6) is 0.422. The Kier molecular flexibility index (Phi) is 3.45. The third kappa shape index (κ3) is 2.53. The molecule has 3 rings (SSSR count). The van der Waals surface area contributed by atoms with Crippen molar-refractivity contribution >= 4 is 44.1 Å². The van der Waals surface area contributed by atoms with Crippen molar-refractivity contribution in [2.45, 2.75) is 13.8 Å². The van der Waals surface area contributed by atoms with E-state index in [0.29, 0.717) is 21.5 Å². The molecule has 0 aliphatic carbocycles. The minimum atomic E-state index is 0.422. The highest BCUT2D eigenvalue weighted by molar-refractivity contribution is 7.22. The van der Waals surface area contributed by atoms with Gasteiger partial charge in [-0.1, -0.05) is 22.9 Å². The number of hydrogen-bond donors (Lipinski definition) is 1. The van der Waals surface area contributed by atoms with Crippen molar-refractivity contribution in [3.05, 3.63) is 40.0 Å². The molecule has 0 aliphatic heterocycles. The second-order valence-electron chi connectivity index (χ2n) is 4.50. The lowest BCUT2D eigenvalue weighted by atomic mass is 10.1. The number of nitrogens with zero attached hydrogens (tertiary/aromatic N) is 4. The third-order valence-electron chi connectivity index (χ3n) is 3.14. The molecule has 3 aromatic rings. The van der Waals surface area contributed by atoms with E-state index in [1.165, 1.54) is 11.3 Å². The maximum Gasteiger partial charge on any atom is 0.189 e. The van der Waals surface area contributed by atoms with Gasteiger partial charge in [0.25, 0.3) is 0 Å². The average Bonchev–Trinajstić information content (AvgIpc) is 2.84. The Bertz CT molecular complexity index is 881. The summed E-state index contributed by atoms with van der Waals surface area (Å²) in [6, 6.07) is 7.67. The van der Waals surface area contributed by atoms with Crippen LogP contribution in [0.3, 0.4) is 0 Å². The molecule has 0 unspecified atom stereocenters. The Morgan fingerprint density at radius 2 is 2.10 bits per heavy atom. The molecule has 0 amide bonds. The minimum absolute atomic E-state index is 0.422. The van der Waals surface area contributed by atoms with Gasteiger partial charge >= 0.3 is 0 Å². The van der Waals surface area contributed by atoms with Gasteiger partial charge < -0.3 is 5.32 Å². The second kappa shape index (κ2) is 5.28. The quantitative estimate of drug-likeness (QED) is 0.774. The van der Waals surface area contributed by atoms with Crippen LogP contribution in [0.2, 0.25) is 5.02 Å². The van der Waals surface area contributed by atoms with E-state index in [-0.39, 0.29) is 0 Å². The van der Waals surface area contributed by atoms with E-state index >= 15 is 0 Å². The van der Waals surface area contributed by atoms with Gasteiger partial charge in [0, 0.05) is 5.02 Å². The van der Waals surface area contributed by atoms with Crippen LogP contribution in [0, 0.1) is 25.2 Å². The summed E-state index contributed by atoms with van der Waals surface area (Å²) in [5.41, 5.74) is 2.90. The number of halogens is 1. The van der Waals surface area contributed by atoms with E-state index < -0.39 is 0 Å². The molecule has 104 valence electrons. The number of fused-ring (bicyclic) bond motifs is 1. The van der Waals surface area contributed by atoms with Crippen LogP contribution in [0.1, 0.15) is 16.8 Å². The smallest absolute Gasteiger partial charge is 0.189 e. The zero-order valence-electron chi connectivity index (χ0n) is 11.3. The molecule has 0 spiro atoms. The number of nitriles is 1. The highest BCUT2D eigenvalue weighted by Crippen LogP contribution is 2.30. The summed E-state index contributed by atoms with van der Waals surface area (Å²) in [4.78, 5) is 4.45. The van der Waals surface area contributed by atoms with Crippen molar-refractivity contribution in [1.82, 2.24) is 15.2 Å². The number of thiazole rings is 1. The van der Waals surface area contributed by atoms with Gasteiger partial charge in [0.2, 0.25) is 0 Å². The van der Waals surface area contributed by atoms with Crippen molar-refractivity contribution in [1.29, 1.82) is 5.26 Å². The largest absolute Gasteiger partial charge is 0.314 e. The molecule has 0 atom stereocenters. The standard InChI is InChI=1S/C14H10ClN5S/c1-7-8(2)19-20-13(10(7)6-16)18-14-17-11-4-3-9(15)5-12(11)21-14/h3-5H,1-2H3,(H,17,18,20). The van der Waals surface area contributed by atoms with Gasteiger partial charge in [-0.25, -0.2) is 4.98 Å². The molecule has 0 saturated heterocycles. The maximum absolute atomic E-state index is 9.29. The molecule has 0 radical (unpaired) electrons. The van der Waals surface area contributed by atoms with Gasteiger partial charge in [-0.05, 0) is 37.6 Å². The summed E-state index contributed by atoms with van der Waals surface area (Å²) < 4.78 is 0.973. The van der Waals surface area contributed by atoms with E-state index in [1.807, 2.05) is 26.0 Å². The SMILES string of the molecule is Cc1nnc(Nc2nc3ccc(Cl)cc3s2)c(C#N)c1C. The van der Waals surface area contributed by atoms with Crippen molar-refractivity contribution in [2.24, 2.45) is 0 Å². The van der Waals surface area contributed by atoms with Gasteiger partial charge in [0.05, 0.1) is 15.9 Å². The lowest BCUT2D eigenvalue weighted by molar-refractivity contribution is 0.960. The number of aryl methyl sites for hydroxylation is 1. The lowest BCUT2D eigenvalue weighted by Gasteiger charge is -2.06. The van der Waals surface area contributed by atoms with Crippen molar-refractivity contribution in [3.8, 4) is 6.07 Å². The second-order valence-corrected chi connectivity index (χ2v) is 5.97. The maximum atomic E-state index is 9.29. The third-order valence-corrected chi connectivity index (χ3v) is 4.31. The van der Waals surface area contributed by atoms with Gasteiger partial charge in [0.1, 0.15) is 11.6 Å². The molecule has 21 heavy (non-hydrogen) atoms. The van der Waals surface area contributed by atoms with Crippen LogP contribution in [-0.2, 0) is 0 Å². The van der Waals surface area contributed by atoms with Crippen LogP contribution in [0.25, 0.3) is 10.2 Å². The number of anilines is 2. The lowest BCUT2D eigenvalue weighted by Crippen LogP contribution is -2.03.